The van der Waals surface area contributed by atoms with E-state index in [0.29, 0.717) is 0 Å². The molecule has 2 nitrogen and oxygen atoms in total. The summed E-state index contributed by atoms with van der Waals surface area (Å²) < 4.78 is 6.70. The van der Waals surface area contributed by atoms with E-state index >= 15 is 0 Å². The average molecular weight is 730 g/mol. The van der Waals surface area contributed by atoms with Crippen LogP contribution in [0.25, 0.3) is 77.2 Å². The number of fused-ring (bicyclic) bond motifs is 8. The number of anilines is 3. The third-order valence-electron chi connectivity index (χ3n) is 12.1. The van der Waals surface area contributed by atoms with Gasteiger partial charge in [-0.2, -0.15) is 0 Å². The van der Waals surface area contributed by atoms with E-state index in [0.717, 1.165) is 49.8 Å². The Bertz CT molecular complexity index is 3130. The lowest BCUT2D eigenvalue weighted by atomic mass is 9.81. The Morgan fingerprint density at radius 1 is 0.404 bits per heavy atom. The molecule has 57 heavy (non-hydrogen) atoms. The number of rotatable bonds is 6. The fourth-order valence-corrected chi connectivity index (χ4v) is 9.38. The first-order valence-corrected chi connectivity index (χ1v) is 19.8. The highest BCUT2D eigenvalue weighted by Crippen LogP contribution is 2.55. The number of hydrogen-bond donors (Lipinski definition) is 0. The first-order valence-electron chi connectivity index (χ1n) is 19.8. The van der Waals surface area contributed by atoms with E-state index < -0.39 is 0 Å². The summed E-state index contributed by atoms with van der Waals surface area (Å²) in [4.78, 5) is 2.49. The molecular formula is C55H39NO. The average Bonchev–Trinajstić information content (AvgIpc) is 3.77. The standard InChI is InChI=1S/C55H39NO/c1-55(2)48-22-10-8-18-43(48)46-21-12-24-50(53(46)55)56(41-33-30-39(31-34-41)38-28-26-37(27-29-38)36-14-4-3-5-15-36)49-23-11-9-19-44(49)45-20-13-25-51-52(45)47-35-32-40-16-6-7-17-42(40)54(47)57-51/h3-35H,1-2H3. The second-order valence-corrected chi connectivity index (χ2v) is 15.7. The van der Waals surface area contributed by atoms with E-state index in [1.165, 1.54) is 55.6 Å². The van der Waals surface area contributed by atoms with E-state index in [1.54, 1.807) is 0 Å². The monoisotopic (exact) mass is 729 g/mol. The van der Waals surface area contributed by atoms with Crippen molar-refractivity contribution in [3.63, 3.8) is 0 Å². The lowest BCUT2D eigenvalue weighted by Crippen LogP contribution is -2.21. The normalized spacial score (nSPS) is 12.9. The maximum absolute atomic E-state index is 6.70. The minimum atomic E-state index is -0.210. The third kappa shape index (κ3) is 5.25. The van der Waals surface area contributed by atoms with Gasteiger partial charge in [0.2, 0.25) is 0 Å². The highest BCUT2D eigenvalue weighted by Gasteiger charge is 2.39. The van der Waals surface area contributed by atoms with Gasteiger partial charge < -0.3 is 9.32 Å². The third-order valence-corrected chi connectivity index (χ3v) is 12.1. The lowest BCUT2D eigenvalue weighted by Gasteiger charge is -2.33. The highest BCUT2D eigenvalue weighted by molar-refractivity contribution is 6.19. The maximum atomic E-state index is 6.70. The largest absolute Gasteiger partial charge is 0.455 e. The van der Waals surface area contributed by atoms with E-state index in [4.69, 9.17) is 4.42 Å². The van der Waals surface area contributed by atoms with Gasteiger partial charge in [0, 0.05) is 32.8 Å². The van der Waals surface area contributed by atoms with Crippen molar-refractivity contribution in [2.75, 3.05) is 4.90 Å². The maximum Gasteiger partial charge on any atom is 0.143 e. The quantitative estimate of drug-likeness (QED) is 0.169. The van der Waals surface area contributed by atoms with Crippen molar-refractivity contribution >= 4 is 49.8 Å². The highest BCUT2D eigenvalue weighted by atomic mass is 16.3. The van der Waals surface area contributed by atoms with Gasteiger partial charge in [-0.05, 0) is 91.9 Å². The van der Waals surface area contributed by atoms with Crippen molar-refractivity contribution in [3.8, 4) is 44.5 Å². The van der Waals surface area contributed by atoms with E-state index in [1.807, 2.05) is 0 Å². The van der Waals surface area contributed by atoms with Gasteiger partial charge in [0.05, 0.1) is 11.4 Å². The summed E-state index contributed by atoms with van der Waals surface area (Å²) >= 11 is 0. The minimum Gasteiger partial charge on any atom is -0.455 e. The SMILES string of the molecule is CC1(C)c2ccccc2-c2cccc(N(c3ccc(-c4ccc(-c5ccccc5)cc4)cc3)c3ccccc3-c3cccc4oc5c6ccccc6ccc5c34)c21. The number of hydrogen-bond acceptors (Lipinski definition) is 2. The number of furan rings is 1. The Kier molecular flexibility index (Phi) is 7.55. The molecule has 1 heterocycles. The molecule has 0 spiro atoms. The van der Waals surface area contributed by atoms with Gasteiger partial charge in [-0.3, -0.25) is 0 Å². The van der Waals surface area contributed by atoms with Crippen LogP contribution in [0.3, 0.4) is 0 Å². The van der Waals surface area contributed by atoms with Crippen LogP contribution in [0, 0.1) is 0 Å². The molecule has 270 valence electrons. The van der Waals surface area contributed by atoms with Crippen LogP contribution in [0.5, 0.6) is 0 Å². The molecule has 1 aliphatic carbocycles. The number of benzene rings is 9. The summed E-state index contributed by atoms with van der Waals surface area (Å²) in [5, 5.41) is 4.56. The Morgan fingerprint density at radius 2 is 0.982 bits per heavy atom. The molecule has 0 aliphatic heterocycles. The van der Waals surface area contributed by atoms with Crippen LogP contribution in [0.2, 0.25) is 0 Å². The molecule has 0 atom stereocenters. The van der Waals surface area contributed by atoms with Crippen LogP contribution in [-0.2, 0) is 5.41 Å². The molecule has 2 heteroatoms. The topological polar surface area (TPSA) is 16.4 Å². The predicted molar refractivity (Wildman–Crippen MR) is 240 cm³/mol. The summed E-state index contributed by atoms with van der Waals surface area (Å²) in [5.74, 6) is 0. The van der Waals surface area contributed by atoms with Crippen molar-refractivity contribution in [2.45, 2.75) is 19.3 Å². The van der Waals surface area contributed by atoms with E-state index in [2.05, 4.69) is 219 Å². The molecule has 9 aromatic carbocycles. The minimum absolute atomic E-state index is 0.210. The van der Waals surface area contributed by atoms with Crippen molar-refractivity contribution in [1.82, 2.24) is 0 Å². The van der Waals surface area contributed by atoms with Gasteiger partial charge in [0.15, 0.2) is 0 Å². The van der Waals surface area contributed by atoms with Crippen molar-refractivity contribution in [3.05, 3.63) is 211 Å². The Hall–Kier alpha value is -7.16. The molecule has 1 aliphatic rings. The smallest absolute Gasteiger partial charge is 0.143 e. The summed E-state index contributed by atoms with van der Waals surface area (Å²) in [6.07, 6.45) is 0. The van der Waals surface area contributed by atoms with Crippen molar-refractivity contribution in [2.24, 2.45) is 0 Å². The summed E-state index contributed by atoms with van der Waals surface area (Å²) in [5.41, 5.74) is 17.4. The van der Waals surface area contributed by atoms with Gasteiger partial charge in [0.25, 0.3) is 0 Å². The lowest BCUT2D eigenvalue weighted by molar-refractivity contribution is 0.661. The Morgan fingerprint density at radius 3 is 1.77 bits per heavy atom. The van der Waals surface area contributed by atoms with Crippen LogP contribution in [0.4, 0.5) is 17.1 Å². The molecule has 0 radical (unpaired) electrons. The molecule has 11 rings (SSSR count). The predicted octanol–water partition coefficient (Wildman–Crippen LogP) is 15.5. The van der Waals surface area contributed by atoms with Gasteiger partial charge in [-0.1, -0.05) is 178 Å². The second-order valence-electron chi connectivity index (χ2n) is 15.7. The van der Waals surface area contributed by atoms with Gasteiger partial charge in [-0.25, -0.2) is 0 Å². The Labute approximate surface area is 332 Å². The molecule has 0 amide bonds. The molecule has 0 fully saturated rings. The summed E-state index contributed by atoms with van der Waals surface area (Å²) in [6.45, 7) is 4.74. The Balaban J connectivity index is 1.11. The molecule has 0 bridgehead atoms. The summed E-state index contributed by atoms with van der Waals surface area (Å²) in [7, 11) is 0. The first kappa shape index (κ1) is 33.2. The number of para-hydroxylation sites is 1. The first-order chi connectivity index (χ1) is 28.0. The van der Waals surface area contributed by atoms with Gasteiger partial charge in [-0.15, -0.1) is 0 Å². The zero-order valence-electron chi connectivity index (χ0n) is 31.9. The molecular weight excluding hydrogens is 691 g/mol. The van der Waals surface area contributed by atoms with Crippen LogP contribution >= 0.6 is 0 Å². The second kappa shape index (κ2) is 13.0. The number of nitrogens with zero attached hydrogens (tertiary/aromatic N) is 1. The fourth-order valence-electron chi connectivity index (χ4n) is 9.38. The summed E-state index contributed by atoms with van der Waals surface area (Å²) in [6, 6.07) is 72.5. The van der Waals surface area contributed by atoms with Crippen LogP contribution in [-0.4, -0.2) is 0 Å². The zero-order valence-corrected chi connectivity index (χ0v) is 31.9. The fraction of sp³-hybridized carbons (Fsp3) is 0.0545. The molecule has 0 saturated carbocycles. The zero-order chi connectivity index (χ0) is 38.1. The molecule has 0 unspecified atom stereocenters. The van der Waals surface area contributed by atoms with Gasteiger partial charge in [0.1, 0.15) is 11.2 Å². The molecule has 10 aromatic rings. The van der Waals surface area contributed by atoms with Crippen LogP contribution in [0.15, 0.2) is 205 Å². The molecule has 0 N–H and O–H groups in total. The van der Waals surface area contributed by atoms with Gasteiger partial charge >= 0.3 is 0 Å². The van der Waals surface area contributed by atoms with Crippen molar-refractivity contribution < 1.29 is 4.42 Å². The van der Waals surface area contributed by atoms with Crippen LogP contribution in [0.1, 0.15) is 25.0 Å². The molecule has 1 aromatic heterocycles. The molecule has 0 saturated heterocycles. The van der Waals surface area contributed by atoms with Crippen molar-refractivity contribution in [1.29, 1.82) is 0 Å². The van der Waals surface area contributed by atoms with E-state index in [9.17, 15) is 0 Å². The van der Waals surface area contributed by atoms with E-state index in [-0.39, 0.29) is 5.41 Å². The van der Waals surface area contributed by atoms with Crippen LogP contribution < -0.4 is 4.90 Å².